The van der Waals surface area contributed by atoms with Crippen LogP contribution in [0.1, 0.15) is 10.4 Å². The Balaban J connectivity index is 2.25. The van der Waals surface area contributed by atoms with Crippen LogP contribution in [-0.4, -0.2) is 46.1 Å². The van der Waals surface area contributed by atoms with Gasteiger partial charge in [0.25, 0.3) is 5.91 Å². The molecule has 0 aliphatic carbocycles. The van der Waals surface area contributed by atoms with Gasteiger partial charge in [-0.15, -0.1) is 0 Å². The first-order valence-electron chi connectivity index (χ1n) is 5.90. The third-order valence-electron chi connectivity index (χ3n) is 3.35. The van der Waals surface area contributed by atoms with Gasteiger partial charge in [-0.25, -0.2) is 0 Å². The Labute approximate surface area is 125 Å². The van der Waals surface area contributed by atoms with Crippen LogP contribution in [0.2, 0.25) is 0 Å². The number of halogens is 4. The molecule has 0 bridgehead atoms. The normalized spacial score (nSPS) is 22.4. The Kier molecular flexibility index (Phi) is 4.22. The summed E-state index contributed by atoms with van der Waals surface area (Å²) in [5.74, 6) is -5.90. The monoisotopic (exact) mass is 366 g/mol. The van der Waals surface area contributed by atoms with Crippen molar-refractivity contribution in [3.05, 3.63) is 28.5 Å². The van der Waals surface area contributed by atoms with Crippen molar-refractivity contribution >= 4 is 27.8 Å². The number of carboxylic acids is 1. The third-order valence-corrected chi connectivity index (χ3v) is 3.98. The van der Waals surface area contributed by atoms with Crippen LogP contribution in [0.15, 0.2) is 22.9 Å². The number of pyridine rings is 1. The Bertz CT molecular complexity index is 579. The number of carbonyl (C=O) groups is 2. The largest absolute Gasteiger partial charge is 0.481 e. The second kappa shape index (κ2) is 5.63. The average Bonchev–Trinajstić information content (AvgIpc) is 2.83. The Morgan fingerprint density at radius 3 is 2.52 bits per heavy atom. The lowest BCUT2D eigenvalue weighted by Crippen LogP contribution is -2.34. The summed E-state index contributed by atoms with van der Waals surface area (Å²) < 4.78 is 39.0. The summed E-state index contributed by atoms with van der Waals surface area (Å²) in [6, 6.07) is 1.36. The van der Waals surface area contributed by atoms with Crippen LogP contribution >= 0.6 is 15.9 Å². The van der Waals surface area contributed by atoms with Crippen LogP contribution in [0.25, 0.3) is 0 Å². The van der Waals surface area contributed by atoms with Gasteiger partial charge in [-0.1, -0.05) is 0 Å². The van der Waals surface area contributed by atoms with E-state index in [-0.39, 0.29) is 5.56 Å². The lowest BCUT2D eigenvalue weighted by molar-refractivity contribution is -0.187. The number of hydrogen-bond acceptors (Lipinski definition) is 3. The van der Waals surface area contributed by atoms with Crippen molar-refractivity contribution in [3.63, 3.8) is 0 Å². The number of hydrogen-bond donors (Lipinski definition) is 1. The molecule has 1 amide bonds. The highest BCUT2D eigenvalue weighted by atomic mass is 79.9. The van der Waals surface area contributed by atoms with E-state index in [2.05, 4.69) is 20.9 Å². The number of alkyl halides is 3. The molecule has 1 aromatic rings. The maximum Gasteiger partial charge on any atom is 0.394 e. The van der Waals surface area contributed by atoms with Crippen LogP contribution in [-0.2, 0) is 4.79 Å². The van der Waals surface area contributed by atoms with Crippen LogP contribution in [0.5, 0.6) is 0 Å². The van der Waals surface area contributed by atoms with E-state index in [1.165, 1.54) is 18.5 Å². The molecule has 2 atom stereocenters. The van der Waals surface area contributed by atoms with Gasteiger partial charge in [0.05, 0.1) is 17.4 Å². The second-order valence-electron chi connectivity index (χ2n) is 4.66. The number of aromatic nitrogens is 1. The van der Waals surface area contributed by atoms with Crippen LogP contribution in [0, 0.1) is 11.8 Å². The highest BCUT2D eigenvalue weighted by Gasteiger charge is 2.53. The summed E-state index contributed by atoms with van der Waals surface area (Å²) in [7, 11) is 0. The van der Waals surface area contributed by atoms with Gasteiger partial charge in [-0.2, -0.15) is 13.2 Å². The molecule has 1 aliphatic rings. The molecule has 1 fully saturated rings. The fourth-order valence-electron chi connectivity index (χ4n) is 2.27. The zero-order valence-electron chi connectivity index (χ0n) is 10.5. The SMILES string of the molecule is O=C(O)[C@@H]1CN(C(=O)c2ccncc2Br)C[C@H]1C(F)(F)F. The number of amides is 1. The fraction of sp³-hybridized carbons (Fsp3) is 0.417. The third kappa shape index (κ3) is 3.17. The minimum Gasteiger partial charge on any atom is -0.481 e. The molecule has 21 heavy (non-hydrogen) atoms. The van der Waals surface area contributed by atoms with Gasteiger partial charge in [0.2, 0.25) is 0 Å². The van der Waals surface area contributed by atoms with Crippen molar-refractivity contribution in [3.8, 4) is 0 Å². The van der Waals surface area contributed by atoms with E-state index in [0.29, 0.717) is 4.47 Å². The van der Waals surface area contributed by atoms with E-state index >= 15 is 0 Å². The minimum absolute atomic E-state index is 0.150. The highest BCUT2D eigenvalue weighted by Crippen LogP contribution is 2.38. The first kappa shape index (κ1) is 15.7. The number of aliphatic carboxylic acids is 1. The molecular formula is C12H10BrF3N2O3. The van der Waals surface area contributed by atoms with E-state index in [1.807, 2.05) is 0 Å². The molecule has 114 valence electrons. The van der Waals surface area contributed by atoms with E-state index in [4.69, 9.17) is 5.11 Å². The van der Waals surface area contributed by atoms with E-state index < -0.39 is 43.0 Å². The summed E-state index contributed by atoms with van der Waals surface area (Å²) in [4.78, 5) is 27.9. The van der Waals surface area contributed by atoms with Crippen molar-refractivity contribution in [2.45, 2.75) is 6.18 Å². The molecule has 1 aliphatic heterocycles. The number of likely N-dealkylation sites (tertiary alicyclic amines) is 1. The van der Waals surface area contributed by atoms with Crippen LogP contribution in [0.3, 0.4) is 0 Å². The summed E-state index contributed by atoms with van der Waals surface area (Å²) in [6.07, 6.45) is -1.98. The molecule has 2 heterocycles. The molecule has 0 aromatic carbocycles. The van der Waals surface area contributed by atoms with Gasteiger partial charge in [-0.3, -0.25) is 14.6 Å². The Morgan fingerprint density at radius 2 is 2.05 bits per heavy atom. The van der Waals surface area contributed by atoms with Crippen molar-refractivity contribution in [2.75, 3.05) is 13.1 Å². The zero-order valence-corrected chi connectivity index (χ0v) is 12.1. The van der Waals surface area contributed by atoms with Crippen molar-refractivity contribution in [1.82, 2.24) is 9.88 Å². The van der Waals surface area contributed by atoms with Crippen LogP contribution in [0.4, 0.5) is 13.2 Å². The van der Waals surface area contributed by atoms with Crippen molar-refractivity contribution in [1.29, 1.82) is 0 Å². The summed E-state index contributed by atoms with van der Waals surface area (Å²) >= 11 is 3.09. The molecular weight excluding hydrogens is 357 g/mol. The predicted octanol–water partition coefficient (Wildman–Crippen LogP) is 2.18. The van der Waals surface area contributed by atoms with Gasteiger partial charge >= 0.3 is 12.1 Å². The Hall–Kier alpha value is -1.64. The molecule has 1 aromatic heterocycles. The van der Waals surface area contributed by atoms with Gasteiger partial charge in [0.1, 0.15) is 0 Å². The fourth-order valence-corrected chi connectivity index (χ4v) is 2.69. The summed E-state index contributed by atoms with van der Waals surface area (Å²) in [5, 5.41) is 8.91. The molecule has 2 rings (SSSR count). The number of nitrogens with zero attached hydrogens (tertiary/aromatic N) is 2. The highest BCUT2D eigenvalue weighted by molar-refractivity contribution is 9.10. The molecule has 0 spiro atoms. The molecule has 1 N–H and O–H groups in total. The minimum atomic E-state index is -4.66. The van der Waals surface area contributed by atoms with Gasteiger partial charge in [0, 0.05) is 30.0 Å². The van der Waals surface area contributed by atoms with Crippen LogP contribution < -0.4 is 0 Å². The maximum absolute atomic E-state index is 12.9. The smallest absolute Gasteiger partial charge is 0.394 e. The molecule has 0 saturated carbocycles. The van der Waals surface area contributed by atoms with E-state index in [9.17, 15) is 22.8 Å². The molecule has 9 heteroatoms. The lowest BCUT2D eigenvalue weighted by atomic mass is 9.96. The van der Waals surface area contributed by atoms with Gasteiger partial charge < -0.3 is 10.0 Å². The molecule has 1 saturated heterocycles. The first-order chi connectivity index (χ1) is 9.71. The lowest BCUT2D eigenvalue weighted by Gasteiger charge is -2.18. The second-order valence-corrected chi connectivity index (χ2v) is 5.51. The molecule has 0 unspecified atom stereocenters. The van der Waals surface area contributed by atoms with E-state index in [1.54, 1.807) is 0 Å². The van der Waals surface area contributed by atoms with E-state index in [0.717, 1.165) is 4.90 Å². The quantitative estimate of drug-likeness (QED) is 0.870. The predicted molar refractivity (Wildman–Crippen MR) is 68.5 cm³/mol. The average molecular weight is 367 g/mol. The molecule has 5 nitrogen and oxygen atoms in total. The number of rotatable bonds is 2. The standard InChI is InChI=1S/C12H10BrF3N2O3/c13-9-3-17-2-1-6(9)10(19)18-4-7(11(20)21)8(5-18)12(14,15)16/h1-3,7-8H,4-5H2,(H,20,21)/t7-,8-/m1/s1. The topological polar surface area (TPSA) is 70.5 Å². The number of carboxylic acid groups (broad SMARTS) is 1. The number of carbonyl (C=O) groups excluding carboxylic acids is 1. The zero-order chi connectivity index (χ0) is 15.8. The molecule has 0 radical (unpaired) electrons. The first-order valence-corrected chi connectivity index (χ1v) is 6.69. The summed E-state index contributed by atoms with van der Waals surface area (Å²) in [6.45, 7) is -1.12. The van der Waals surface area contributed by atoms with Gasteiger partial charge in [0.15, 0.2) is 0 Å². The van der Waals surface area contributed by atoms with Gasteiger partial charge in [-0.05, 0) is 22.0 Å². The summed E-state index contributed by atoms with van der Waals surface area (Å²) in [5.41, 5.74) is 0.150. The van der Waals surface area contributed by atoms with Crippen molar-refractivity contribution < 1.29 is 27.9 Å². The maximum atomic E-state index is 12.9. The van der Waals surface area contributed by atoms with Crippen molar-refractivity contribution in [2.24, 2.45) is 11.8 Å². The Morgan fingerprint density at radius 1 is 1.38 bits per heavy atom.